The number of para-hydroxylation sites is 1. The Morgan fingerprint density at radius 1 is 1.00 bits per heavy atom. The molecule has 0 spiro atoms. The molecule has 0 unspecified atom stereocenters. The number of nitrogens with zero attached hydrogens (tertiary/aromatic N) is 2. The van der Waals surface area contributed by atoms with Gasteiger partial charge < -0.3 is 9.40 Å². The number of hydrogen-bond acceptors (Lipinski definition) is 3. The number of benzene rings is 2. The zero-order valence-electron chi connectivity index (χ0n) is 21.1. The number of aromatic nitrogens is 2. The Hall–Kier alpha value is -3.59. The first-order chi connectivity index (χ1) is 17.0. The second kappa shape index (κ2) is 13.7. The molecule has 0 N–H and O–H groups in total. The van der Waals surface area contributed by atoms with Crippen molar-refractivity contribution in [2.24, 2.45) is 0 Å². The summed E-state index contributed by atoms with van der Waals surface area (Å²) in [5, 5.41) is 0.821. The van der Waals surface area contributed by atoms with Crippen LogP contribution in [0, 0.1) is 12.6 Å². The summed E-state index contributed by atoms with van der Waals surface area (Å²) in [6.45, 7) is 9.87. The van der Waals surface area contributed by atoms with E-state index in [9.17, 15) is 0 Å². The molecule has 32 heavy (non-hydrogen) atoms. The number of hydrogen-bond donors (Lipinski definition) is 0. The van der Waals surface area contributed by atoms with Crippen LogP contribution in [0.4, 0.5) is 0 Å². The van der Waals surface area contributed by atoms with E-state index in [0.717, 1.165) is 5.39 Å². The van der Waals surface area contributed by atoms with Crippen LogP contribution in [0.1, 0.15) is 22.5 Å². The molecule has 0 saturated carbocycles. The van der Waals surface area contributed by atoms with E-state index in [1.54, 1.807) is 24.5 Å². The summed E-state index contributed by atoms with van der Waals surface area (Å²) in [6, 6.07) is 24.4. The number of pyridine rings is 2. The Morgan fingerprint density at radius 3 is 2.28 bits per heavy atom. The predicted octanol–water partition coefficient (Wildman–Crippen LogP) is 6.90. The molecule has 3 heterocycles. The molecule has 5 aromatic rings. The smallest absolute Gasteiger partial charge is 0.117 e. The van der Waals surface area contributed by atoms with Crippen LogP contribution in [0.15, 0.2) is 120 Å². The summed E-state index contributed by atoms with van der Waals surface area (Å²) in [6.07, 6.45) is 4.69. The van der Waals surface area contributed by atoms with Crippen molar-refractivity contribution in [3.8, 4) is 0 Å². The van der Waals surface area contributed by atoms with Crippen molar-refractivity contribution < 1.29 is 30.0 Å². The molecular formula is C28H22IrN2O-2. The Kier molecular flexibility index (Phi) is 8.16. The monoisotopic (exact) mass is 599 g/mol. The van der Waals surface area contributed by atoms with Gasteiger partial charge in [0.05, 0.1) is 5.48 Å². The summed E-state index contributed by atoms with van der Waals surface area (Å²) >= 11 is 0. The second-order valence-corrected chi connectivity index (χ2v) is 6.01. The molecule has 161 valence electrons. The molecule has 2 aromatic carbocycles. The van der Waals surface area contributed by atoms with Gasteiger partial charge in [0.2, 0.25) is 0 Å². The molecule has 0 aliphatic heterocycles. The fourth-order valence-corrected chi connectivity index (χ4v) is 2.59. The maximum absolute atomic E-state index is 7.95. The predicted molar refractivity (Wildman–Crippen MR) is 127 cm³/mol. The Labute approximate surface area is 208 Å². The fraction of sp³-hybridized carbons (Fsp3) is 0. The first-order valence-corrected chi connectivity index (χ1v) is 9.43. The van der Waals surface area contributed by atoms with Crippen LogP contribution < -0.4 is 0 Å². The van der Waals surface area contributed by atoms with Crippen molar-refractivity contribution in [2.75, 3.05) is 0 Å². The molecule has 0 fully saturated rings. The van der Waals surface area contributed by atoms with Gasteiger partial charge in [-0.05, 0) is 35.5 Å². The van der Waals surface area contributed by atoms with Crippen molar-refractivity contribution in [3.63, 3.8) is 0 Å². The van der Waals surface area contributed by atoms with Crippen molar-refractivity contribution in [3.05, 3.63) is 146 Å². The van der Waals surface area contributed by atoms with Gasteiger partial charge in [0.25, 0.3) is 0 Å². The van der Waals surface area contributed by atoms with E-state index < -0.39 is 12.2 Å². The van der Waals surface area contributed by atoms with Crippen molar-refractivity contribution in [1.82, 2.24) is 9.97 Å². The normalized spacial score (nSPS) is 11.0. The van der Waals surface area contributed by atoms with E-state index in [1.807, 2.05) is 66.7 Å². The third-order valence-corrected chi connectivity index (χ3v) is 3.98. The molecule has 0 aliphatic carbocycles. The first-order valence-electron chi connectivity index (χ1n) is 11.4. The van der Waals surface area contributed by atoms with Crippen molar-refractivity contribution >= 4 is 22.6 Å². The van der Waals surface area contributed by atoms with Gasteiger partial charge in [-0.2, -0.15) is 36.4 Å². The average Bonchev–Trinajstić information content (AvgIpc) is 3.30. The quantitative estimate of drug-likeness (QED) is 0.212. The van der Waals surface area contributed by atoms with Crippen LogP contribution in [0.5, 0.6) is 0 Å². The standard InChI is InChI=1S/C17H12NO.C6H5.C5H5N.Ir/c1-3-13-14-8-4-5-10-16(14)19-17(13)12(2)15-9-6-7-11-18-15;2*1-2-4-6-5-3-1;/h2-11H,1H2;2*1-5H;/q2*-1;;/i6D,7D,9D,11D;;;. The summed E-state index contributed by atoms with van der Waals surface area (Å²) in [5.74, 6) is 0.290. The van der Waals surface area contributed by atoms with E-state index in [4.69, 9.17) is 16.5 Å². The van der Waals surface area contributed by atoms with Gasteiger partial charge in [-0.1, -0.05) is 49.0 Å². The Morgan fingerprint density at radius 2 is 1.72 bits per heavy atom. The zero-order chi connectivity index (χ0) is 25.2. The molecule has 0 aliphatic rings. The maximum Gasteiger partial charge on any atom is 0.117 e. The number of rotatable bonds is 3. The van der Waals surface area contributed by atoms with Gasteiger partial charge in [0.15, 0.2) is 0 Å². The minimum absolute atomic E-state index is 0. The van der Waals surface area contributed by atoms with Crippen molar-refractivity contribution in [2.45, 2.75) is 0 Å². The molecule has 0 bridgehead atoms. The first kappa shape index (κ1) is 19.1. The molecule has 5 rings (SSSR count). The summed E-state index contributed by atoms with van der Waals surface area (Å²) in [7, 11) is 0. The molecule has 0 saturated heterocycles. The molecule has 3 aromatic heterocycles. The van der Waals surface area contributed by atoms with Crippen LogP contribution >= 0.6 is 0 Å². The molecule has 4 heteroatoms. The Balaban J connectivity index is 0.000000287. The van der Waals surface area contributed by atoms with Gasteiger partial charge in [-0.3, -0.25) is 4.98 Å². The maximum atomic E-state index is 7.95. The largest absolute Gasteiger partial charge is 0.515 e. The zero-order valence-corrected chi connectivity index (χ0v) is 19.5. The third kappa shape index (κ3) is 6.98. The van der Waals surface area contributed by atoms with Crippen LogP contribution in [0.3, 0.4) is 0 Å². The minimum Gasteiger partial charge on any atom is -0.515 e. The average molecular weight is 599 g/mol. The third-order valence-electron chi connectivity index (χ3n) is 3.98. The summed E-state index contributed by atoms with van der Waals surface area (Å²) in [5.41, 5.74) is 1.27. The van der Waals surface area contributed by atoms with E-state index in [2.05, 4.69) is 22.6 Å². The van der Waals surface area contributed by atoms with Gasteiger partial charge >= 0.3 is 0 Å². The van der Waals surface area contributed by atoms with Crippen LogP contribution in [-0.2, 0) is 20.1 Å². The van der Waals surface area contributed by atoms with E-state index in [0.29, 0.717) is 16.9 Å². The van der Waals surface area contributed by atoms with Gasteiger partial charge in [0, 0.05) is 49.8 Å². The summed E-state index contributed by atoms with van der Waals surface area (Å²) in [4.78, 5) is 7.66. The van der Waals surface area contributed by atoms with Crippen LogP contribution in [0.2, 0.25) is 0 Å². The number of fused-ring (bicyclic) bond motifs is 1. The molecular weight excluding hydrogens is 573 g/mol. The van der Waals surface area contributed by atoms with E-state index in [1.165, 1.54) is 0 Å². The fourth-order valence-electron chi connectivity index (χ4n) is 2.59. The molecule has 0 amide bonds. The SMILES string of the molecule is [2H]c1nc(C(=[CH-])c2oc3ccccc3c2C=C)c([2H])c([2H])c1[2H].[Ir].[c-]1ccccc1.c1ccncc1. The minimum atomic E-state index is -0.403. The van der Waals surface area contributed by atoms with E-state index >= 15 is 0 Å². The molecule has 0 atom stereocenters. The van der Waals surface area contributed by atoms with Crippen molar-refractivity contribution in [1.29, 1.82) is 0 Å². The summed E-state index contributed by atoms with van der Waals surface area (Å²) < 4.78 is 36.6. The second-order valence-electron chi connectivity index (χ2n) is 6.01. The number of furan rings is 1. The van der Waals surface area contributed by atoms with Gasteiger partial charge in [-0.25, -0.2) is 6.58 Å². The van der Waals surface area contributed by atoms with Gasteiger partial charge in [-0.15, -0.1) is 5.57 Å². The van der Waals surface area contributed by atoms with Gasteiger partial charge in [0.1, 0.15) is 5.58 Å². The van der Waals surface area contributed by atoms with Crippen LogP contribution in [-0.4, -0.2) is 9.97 Å². The topological polar surface area (TPSA) is 38.9 Å². The Bertz CT molecular complexity index is 1340. The van der Waals surface area contributed by atoms with Crippen LogP contribution in [0.25, 0.3) is 22.6 Å². The molecule has 3 nitrogen and oxygen atoms in total. The van der Waals surface area contributed by atoms with E-state index in [-0.39, 0.29) is 43.5 Å². The molecule has 1 radical (unpaired) electrons.